The van der Waals surface area contributed by atoms with Crippen LogP contribution >= 0.6 is 0 Å². The van der Waals surface area contributed by atoms with Crippen molar-refractivity contribution in [1.29, 1.82) is 5.26 Å². The molecule has 0 spiro atoms. The molecule has 0 aliphatic carbocycles. The van der Waals surface area contributed by atoms with Gasteiger partial charge >= 0.3 is 0 Å². The Hall–Kier alpha value is -3.47. The van der Waals surface area contributed by atoms with Gasteiger partial charge in [0, 0.05) is 24.2 Å². The molecule has 0 atom stereocenters. The fraction of sp³-hybridized carbons (Fsp3) is 0.278. The lowest BCUT2D eigenvalue weighted by Gasteiger charge is -2.12. The van der Waals surface area contributed by atoms with Crippen molar-refractivity contribution in [3.63, 3.8) is 0 Å². The molecular weight excluding hydrogens is 334 g/mol. The van der Waals surface area contributed by atoms with E-state index in [9.17, 15) is 20.4 Å². The average molecular weight is 353 g/mol. The molecule has 0 bridgehead atoms. The number of rotatable bonds is 6. The Balaban J connectivity index is 2.49. The molecule has 0 aliphatic rings. The lowest BCUT2D eigenvalue weighted by molar-refractivity contribution is -0.349. The van der Waals surface area contributed by atoms with Crippen LogP contribution in [0, 0.1) is 23.5 Å². The molecule has 1 aromatic carbocycles. The third-order valence-electron chi connectivity index (χ3n) is 3.91. The van der Waals surface area contributed by atoms with Crippen molar-refractivity contribution in [3.8, 4) is 11.9 Å². The van der Waals surface area contributed by atoms with Crippen LogP contribution in [0.3, 0.4) is 0 Å². The topological polar surface area (TPSA) is 117 Å². The zero-order valence-electron chi connectivity index (χ0n) is 14.6. The third kappa shape index (κ3) is 3.78. The number of azo groups is 1. The van der Waals surface area contributed by atoms with Crippen molar-refractivity contribution >= 4 is 23.8 Å². The predicted octanol–water partition coefficient (Wildman–Crippen LogP) is 3.79. The second-order valence-electron chi connectivity index (χ2n) is 5.69. The Morgan fingerprint density at radius 2 is 2.00 bits per heavy atom. The van der Waals surface area contributed by atoms with Crippen LogP contribution in [-0.2, 0) is 6.54 Å². The first-order chi connectivity index (χ1) is 12.4. The lowest BCUT2D eigenvalue weighted by atomic mass is 10.1. The molecule has 1 N–H and O–H groups in total. The van der Waals surface area contributed by atoms with Crippen LogP contribution < -0.4 is 5.56 Å². The average Bonchev–Trinajstić information content (AvgIpc) is 2.62. The quantitative estimate of drug-likeness (QED) is 0.279. The molecule has 0 fully saturated rings. The van der Waals surface area contributed by atoms with Crippen LogP contribution in [0.25, 0.3) is 0 Å². The molecule has 0 saturated carbocycles. The molecule has 8 nitrogen and oxygen atoms in total. The highest BCUT2D eigenvalue weighted by Gasteiger charge is 2.18. The van der Waals surface area contributed by atoms with Gasteiger partial charge in [0.1, 0.15) is 18.4 Å². The number of aromatic nitrogens is 1. The second-order valence-corrected chi connectivity index (χ2v) is 5.69. The van der Waals surface area contributed by atoms with Crippen molar-refractivity contribution in [2.75, 3.05) is 0 Å². The molecule has 0 unspecified atom stereocenters. The van der Waals surface area contributed by atoms with Crippen molar-refractivity contribution in [2.24, 2.45) is 10.2 Å². The fourth-order valence-electron chi connectivity index (χ4n) is 2.37. The Morgan fingerprint density at radius 3 is 2.54 bits per heavy atom. The molecule has 2 rings (SSSR count). The zero-order valence-corrected chi connectivity index (χ0v) is 14.6. The van der Waals surface area contributed by atoms with Crippen LogP contribution in [0.1, 0.15) is 30.9 Å². The van der Waals surface area contributed by atoms with E-state index < -0.39 is 5.56 Å². The van der Waals surface area contributed by atoms with Gasteiger partial charge < -0.3 is 10.3 Å². The Labute approximate surface area is 150 Å². The molecule has 8 heteroatoms. The number of hydrogen-bond acceptors (Lipinski definition) is 6. The van der Waals surface area contributed by atoms with E-state index in [0.717, 1.165) is 11.0 Å². The Bertz CT molecular complexity index is 953. The van der Waals surface area contributed by atoms with E-state index in [1.165, 1.54) is 12.1 Å². The van der Waals surface area contributed by atoms with Crippen LogP contribution in [0.15, 0.2) is 39.3 Å². The van der Waals surface area contributed by atoms with Crippen LogP contribution in [0.5, 0.6) is 5.88 Å². The summed E-state index contributed by atoms with van der Waals surface area (Å²) >= 11 is 0. The standard InChI is InChI=1S/C18H19N5O3/c1-4-5-10-23-17(24)15(11-19)12(2)16(18(23)25)21-20-13-6-8-14(9-7-13)22(3)26/h6-9,24H,3-5,10H2,1-2H3. The van der Waals surface area contributed by atoms with Crippen molar-refractivity contribution in [2.45, 2.75) is 33.2 Å². The lowest BCUT2D eigenvalue weighted by Crippen LogP contribution is -2.22. The minimum absolute atomic E-state index is 0.00198. The highest BCUT2D eigenvalue weighted by molar-refractivity contribution is 5.57. The van der Waals surface area contributed by atoms with Gasteiger partial charge in [0.25, 0.3) is 5.56 Å². The minimum Gasteiger partial charge on any atom is -0.619 e. The number of benzene rings is 1. The summed E-state index contributed by atoms with van der Waals surface area (Å²) in [6, 6.07) is 8.08. The summed E-state index contributed by atoms with van der Waals surface area (Å²) in [6.07, 6.45) is 1.50. The Kier molecular flexibility index (Phi) is 5.86. The van der Waals surface area contributed by atoms with E-state index in [-0.39, 0.29) is 29.2 Å². The van der Waals surface area contributed by atoms with E-state index in [1.54, 1.807) is 19.1 Å². The van der Waals surface area contributed by atoms with Gasteiger partial charge in [-0.1, -0.05) is 13.3 Å². The highest BCUT2D eigenvalue weighted by Crippen LogP contribution is 2.27. The minimum atomic E-state index is -0.503. The Morgan fingerprint density at radius 1 is 1.35 bits per heavy atom. The van der Waals surface area contributed by atoms with E-state index >= 15 is 0 Å². The monoisotopic (exact) mass is 353 g/mol. The molecular formula is C18H19N5O3. The van der Waals surface area contributed by atoms with E-state index in [0.29, 0.717) is 22.5 Å². The molecule has 0 aliphatic heterocycles. The maximum absolute atomic E-state index is 12.6. The van der Waals surface area contributed by atoms with Gasteiger partial charge in [0.15, 0.2) is 5.69 Å². The maximum atomic E-state index is 12.6. The van der Waals surface area contributed by atoms with Crippen LogP contribution in [-0.4, -0.2) is 21.1 Å². The van der Waals surface area contributed by atoms with Gasteiger partial charge in [-0.15, -0.1) is 5.11 Å². The molecule has 0 saturated heterocycles. The first-order valence-corrected chi connectivity index (χ1v) is 8.06. The summed E-state index contributed by atoms with van der Waals surface area (Å²) in [5.74, 6) is -0.349. The molecule has 26 heavy (non-hydrogen) atoms. The SMILES string of the molecule is C=[N+]([O-])c1ccc(N=Nc2c(C)c(C#N)c(O)n(CCCC)c2=O)cc1. The summed E-state index contributed by atoms with van der Waals surface area (Å²) in [5, 5.41) is 38.6. The summed E-state index contributed by atoms with van der Waals surface area (Å²) in [4.78, 5) is 12.6. The first-order valence-electron chi connectivity index (χ1n) is 8.06. The maximum Gasteiger partial charge on any atom is 0.281 e. The molecule has 2 aromatic rings. The van der Waals surface area contributed by atoms with Crippen LogP contribution in [0.4, 0.5) is 17.1 Å². The van der Waals surface area contributed by atoms with Crippen molar-refractivity contribution in [1.82, 2.24) is 4.57 Å². The van der Waals surface area contributed by atoms with Gasteiger partial charge in [0.05, 0.1) is 5.69 Å². The fourth-order valence-corrected chi connectivity index (χ4v) is 2.37. The van der Waals surface area contributed by atoms with E-state index in [4.69, 9.17) is 0 Å². The summed E-state index contributed by atoms with van der Waals surface area (Å²) in [5.41, 5.74) is 0.564. The highest BCUT2D eigenvalue weighted by atomic mass is 16.5. The molecule has 134 valence electrons. The number of pyridine rings is 1. The zero-order chi connectivity index (χ0) is 19.3. The number of unbranched alkanes of at least 4 members (excludes halogenated alkanes) is 1. The molecule has 0 radical (unpaired) electrons. The molecule has 1 heterocycles. The molecule has 0 amide bonds. The van der Waals surface area contributed by atoms with E-state index in [1.807, 2.05) is 13.0 Å². The van der Waals surface area contributed by atoms with Gasteiger partial charge in [-0.3, -0.25) is 9.36 Å². The van der Waals surface area contributed by atoms with Gasteiger partial charge in [-0.25, -0.2) is 0 Å². The van der Waals surface area contributed by atoms with Gasteiger partial charge in [-0.05, 0) is 25.5 Å². The number of hydrogen-bond donors (Lipinski definition) is 1. The number of aromatic hydroxyl groups is 1. The number of nitriles is 1. The van der Waals surface area contributed by atoms with Gasteiger partial charge in [0.2, 0.25) is 11.6 Å². The molecule has 1 aromatic heterocycles. The van der Waals surface area contributed by atoms with Gasteiger partial charge in [-0.2, -0.15) is 15.1 Å². The predicted molar refractivity (Wildman–Crippen MR) is 97.8 cm³/mol. The van der Waals surface area contributed by atoms with Crippen LogP contribution in [0.2, 0.25) is 0 Å². The first kappa shape index (κ1) is 18.9. The number of nitrogens with zero attached hydrogens (tertiary/aromatic N) is 5. The van der Waals surface area contributed by atoms with E-state index in [2.05, 4.69) is 16.9 Å². The van der Waals surface area contributed by atoms with Crippen molar-refractivity contribution in [3.05, 3.63) is 51.0 Å². The smallest absolute Gasteiger partial charge is 0.281 e. The second kappa shape index (κ2) is 8.07. The normalized spacial score (nSPS) is 10.8. The largest absolute Gasteiger partial charge is 0.619 e. The summed E-state index contributed by atoms with van der Waals surface area (Å²) in [7, 11) is 0. The summed E-state index contributed by atoms with van der Waals surface area (Å²) < 4.78 is 1.61. The van der Waals surface area contributed by atoms with Crippen molar-refractivity contribution < 1.29 is 9.85 Å². The third-order valence-corrected chi connectivity index (χ3v) is 3.91. The summed E-state index contributed by atoms with van der Waals surface area (Å²) in [6.45, 7) is 7.03.